The third-order valence-electron chi connectivity index (χ3n) is 3.81. The molecule has 0 saturated heterocycles. The fourth-order valence-electron chi connectivity index (χ4n) is 2.51. The summed E-state index contributed by atoms with van der Waals surface area (Å²) in [6.07, 6.45) is 1.05. The Morgan fingerprint density at radius 2 is 1.81 bits per heavy atom. The highest BCUT2D eigenvalue weighted by Crippen LogP contribution is 2.20. The maximum absolute atomic E-state index is 12.2. The second-order valence-corrected chi connectivity index (χ2v) is 8.56. The summed E-state index contributed by atoms with van der Waals surface area (Å²) in [7, 11) is -3.61. The molecule has 0 bridgehead atoms. The number of ether oxygens (including phenoxy) is 1. The smallest absolute Gasteiger partial charge is 0.240 e. The monoisotopic (exact) mass is 410 g/mol. The Morgan fingerprint density at radius 3 is 2.41 bits per heavy atom. The summed E-state index contributed by atoms with van der Waals surface area (Å²) in [6, 6.07) is 12.1. The Balaban J connectivity index is 1.89. The Hall–Kier alpha value is -2.25. The minimum absolute atomic E-state index is 0.268. The molecule has 0 atom stereocenters. The molecule has 0 spiro atoms. The minimum atomic E-state index is -3.61. The van der Waals surface area contributed by atoms with Gasteiger partial charge in [0.25, 0.3) is 0 Å². The van der Waals surface area contributed by atoms with Crippen LogP contribution >= 0.6 is 11.6 Å². The van der Waals surface area contributed by atoms with Crippen molar-refractivity contribution in [3.8, 4) is 5.75 Å². The zero-order valence-electron chi connectivity index (χ0n) is 15.5. The van der Waals surface area contributed by atoms with Gasteiger partial charge < -0.3 is 10.1 Å². The number of nitrogens with one attached hydrogen (secondary N) is 1. The highest BCUT2D eigenvalue weighted by molar-refractivity contribution is 7.92. The van der Waals surface area contributed by atoms with Gasteiger partial charge in [0.2, 0.25) is 15.9 Å². The van der Waals surface area contributed by atoms with E-state index in [1.807, 2.05) is 32.0 Å². The normalized spacial score (nSPS) is 11.1. The number of aryl methyl sites for hydroxylation is 2. The number of hydrogen-bond acceptors (Lipinski definition) is 4. The predicted octanol–water partition coefficient (Wildman–Crippen LogP) is 2.92. The topological polar surface area (TPSA) is 75.7 Å². The Kier molecular flexibility index (Phi) is 7.10. The number of sulfonamides is 1. The van der Waals surface area contributed by atoms with E-state index in [0.717, 1.165) is 27.4 Å². The van der Waals surface area contributed by atoms with E-state index in [1.54, 1.807) is 24.3 Å². The van der Waals surface area contributed by atoms with Crippen molar-refractivity contribution in [2.24, 2.45) is 0 Å². The van der Waals surface area contributed by atoms with E-state index in [-0.39, 0.29) is 19.7 Å². The number of halogens is 1. The molecule has 6 nitrogen and oxygen atoms in total. The zero-order chi connectivity index (χ0) is 20.0. The molecule has 0 aliphatic rings. The highest BCUT2D eigenvalue weighted by atomic mass is 35.5. The molecule has 0 aliphatic heterocycles. The van der Waals surface area contributed by atoms with E-state index in [4.69, 9.17) is 16.3 Å². The molecule has 0 radical (unpaired) electrons. The lowest BCUT2D eigenvalue weighted by Crippen LogP contribution is -2.41. The van der Waals surface area contributed by atoms with Crippen molar-refractivity contribution >= 4 is 33.2 Å². The van der Waals surface area contributed by atoms with E-state index >= 15 is 0 Å². The summed E-state index contributed by atoms with van der Waals surface area (Å²) in [5.41, 5.74) is 2.55. The standard InChI is InChI=1S/C19H23ClN2O4S/c1-14-4-9-18(15(2)12-14)26-11-10-21-19(23)13-22(27(3,24)25)17-7-5-16(20)6-8-17/h4-9,12H,10-11,13H2,1-3H3,(H,21,23). The Labute approximate surface area is 165 Å². The predicted molar refractivity (Wildman–Crippen MR) is 108 cm³/mol. The van der Waals surface area contributed by atoms with Crippen LogP contribution in [0.15, 0.2) is 42.5 Å². The lowest BCUT2D eigenvalue weighted by Gasteiger charge is -2.22. The van der Waals surface area contributed by atoms with Gasteiger partial charge in [0.05, 0.1) is 18.5 Å². The molecule has 27 heavy (non-hydrogen) atoms. The van der Waals surface area contributed by atoms with Crippen molar-refractivity contribution in [1.82, 2.24) is 5.32 Å². The maximum atomic E-state index is 12.2. The lowest BCUT2D eigenvalue weighted by atomic mass is 10.1. The van der Waals surface area contributed by atoms with Crippen LogP contribution in [0.2, 0.25) is 5.02 Å². The van der Waals surface area contributed by atoms with Crippen LogP contribution in [0.5, 0.6) is 5.75 Å². The lowest BCUT2D eigenvalue weighted by molar-refractivity contribution is -0.119. The van der Waals surface area contributed by atoms with E-state index in [0.29, 0.717) is 10.7 Å². The number of rotatable bonds is 8. The van der Waals surface area contributed by atoms with E-state index < -0.39 is 15.9 Å². The first-order valence-corrected chi connectivity index (χ1v) is 10.6. The van der Waals surface area contributed by atoms with Crippen LogP contribution in [0.25, 0.3) is 0 Å². The molecule has 0 fully saturated rings. The molecule has 2 rings (SSSR count). The van der Waals surface area contributed by atoms with E-state index in [1.165, 1.54) is 0 Å². The first-order valence-electron chi connectivity index (χ1n) is 8.37. The van der Waals surface area contributed by atoms with Crippen LogP contribution in [-0.2, 0) is 14.8 Å². The summed E-state index contributed by atoms with van der Waals surface area (Å²) in [5, 5.41) is 3.16. The van der Waals surface area contributed by atoms with Crippen LogP contribution < -0.4 is 14.4 Å². The quantitative estimate of drug-likeness (QED) is 0.679. The molecule has 1 amide bonds. The van der Waals surface area contributed by atoms with Gasteiger partial charge in [-0.1, -0.05) is 29.3 Å². The van der Waals surface area contributed by atoms with Gasteiger partial charge in [0.15, 0.2) is 0 Å². The number of amides is 1. The molecule has 146 valence electrons. The summed E-state index contributed by atoms with van der Waals surface area (Å²) >= 11 is 5.83. The van der Waals surface area contributed by atoms with Crippen molar-refractivity contribution in [2.45, 2.75) is 13.8 Å². The van der Waals surface area contributed by atoms with Gasteiger partial charge in [0, 0.05) is 5.02 Å². The first-order chi connectivity index (χ1) is 12.7. The molecule has 0 unspecified atom stereocenters. The fraction of sp³-hybridized carbons (Fsp3) is 0.316. The second kappa shape index (κ2) is 9.10. The summed E-state index contributed by atoms with van der Waals surface area (Å²) < 4.78 is 30.7. The molecular formula is C19H23ClN2O4S. The average molecular weight is 411 g/mol. The molecule has 0 saturated carbocycles. The number of anilines is 1. The van der Waals surface area contributed by atoms with Crippen molar-refractivity contribution in [2.75, 3.05) is 30.3 Å². The summed E-state index contributed by atoms with van der Waals surface area (Å²) in [6.45, 7) is 4.20. The van der Waals surface area contributed by atoms with Crippen molar-refractivity contribution in [3.63, 3.8) is 0 Å². The third-order valence-corrected chi connectivity index (χ3v) is 5.21. The van der Waals surface area contributed by atoms with Crippen LogP contribution in [0.3, 0.4) is 0 Å². The third kappa shape index (κ3) is 6.45. The van der Waals surface area contributed by atoms with Gasteiger partial charge in [-0.2, -0.15) is 0 Å². The van der Waals surface area contributed by atoms with Gasteiger partial charge in [0.1, 0.15) is 18.9 Å². The molecule has 2 aromatic carbocycles. The zero-order valence-corrected chi connectivity index (χ0v) is 17.1. The van der Waals surface area contributed by atoms with Gasteiger partial charge >= 0.3 is 0 Å². The van der Waals surface area contributed by atoms with Gasteiger partial charge in [-0.3, -0.25) is 9.10 Å². The first kappa shape index (κ1) is 21.1. The van der Waals surface area contributed by atoms with Crippen molar-refractivity contribution in [1.29, 1.82) is 0 Å². The number of benzene rings is 2. The van der Waals surface area contributed by atoms with Crippen LogP contribution in [0, 0.1) is 13.8 Å². The molecule has 8 heteroatoms. The largest absolute Gasteiger partial charge is 0.491 e. The summed E-state index contributed by atoms with van der Waals surface area (Å²) in [4.78, 5) is 12.2. The number of hydrogen-bond donors (Lipinski definition) is 1. The second-order valence-electron chi connectivity index (χ2n) is 6.21. The van der Waals surface area contributed by atoms with Gasteiger partial charge in [-0.25, -0.2) is 8.42 Å². The number of nitrogens with zero attached hydrogens (tertiary/aromatic N) is 1. The van der Waals surface area contributed by atoms with Crippen LogP contribution in [0.4, 0.5) is 5.69 Å². The van der Waals surface area contributed by atoms with E-state index in [2.05, 4.69) is 5.32 Å². The average Bonchev–Trinajstić information content (AvgIpc) is 2.58. The molecular weight excluding hydrogens is 388 g/mol. The molecule has 2 aromatic rings. The van der Waals surface area contributed by atoms with Crippen LogP contribution in [-0.4, -0.2) is 40.3 Å². The Bertz CT molecular complexity index is 898. The van der Waals surface area contributed by atoms with Gasteiger partial charge in [-0.15, -0.1) is 0 Å². The fourth-order valence-corrected chi connectivity index (χ4v) is 3.49. The summed E-state index contributed by atoms with van der Waals surface area (Å²) in [5.74, 6) is 0.341. The van der Waals surface area contributed by atoms with Crippen molar-refractivity contribution < 1.29 is 17.9 Å². The number of carbonyl (C=O) groups excluding carboxylic acids is 1. The molecule has 0 aliphatic carbocycles. The van der Waals surface area contributed by atoms with Crippen LogP contribution in [0.1, 0.15) is 11.1 Å². The van der Waals surface area contributed by atoms with Gasteiger partial charge in [-0.05, 0) is 49.7 Å². The SMILES string of the molecule is Cc1ccc(OCCNC(=O)CN(c2ccc(Cl)cc2)S(C)(=O)=O)c(C)c1. The molecule has 1 N–H and O–H groups in total. The minimum Gasteiger partial charge on any atom is -0.491 e. The molecule has 0 aromatic heterocycles. The van der Waals surface area contributed by atoms with Crippen molar-refractivity contribution in [3.05, 3.63) is 58.6 Å². The number of carbonyl (C=O) groups is 1. The maximum Gasteiger partial charge on any atom is 0.240 e. The van der Waals surface area contributed by atoms with E-state index in [9.17, 15) is 13.2 Å². The molecule has 0 heterocycles. The Morgan fingerprint density at radius 1 is 1.15 bits per heavy atom. The highest BCUT2D eigenvalue weighted by Gasteiger charge is 2.20.